The van der Waals surface area contributed by atoms with Crippen LogP contribution >= 0.6 is 11.6 Å². The van der Waals surface area contributed by atoms with Gasteiger partial charge in [-0.2, -0.15) is 0 Å². The van der Waals surface area contributed by atoms with Gasteiger partial charge in [0.15, 0.2) is 0 Å². The van der Waals surface area contributed by atoms with Crippen LogP contribution in [0.25, 0.3) is 0 Å². The lowest BCUT2D eigenvalue weighted by Gasteiger charge is -2.31. The molecule has 0 bridgehead atoms. The van der Waals surface area contributed by atoms with Gasteiger partial charge in [0.2, 0.25) is 11.8 Å². The fourth-order valence-corrected chi connectivity index (χ4v) is 3.09. The van der Waals surface area contributed by atoms with E-state index < -0.39 is 6.04 Å². The third-order valence-electron chi connectivity index (χ3n) is 3.93. The first kappa shape index (κ1) is 16.0. The number of likely N-dealkylation sites (tertiary alicyclic amines) is 1. The van der Waals surface area contributed by atoms with E-state index in [1.165, 1.54) is 6.92 Å². The molecule has 6 heteroatoms. The van der Waals surface area contributed by atoms with Crippen molar-refractivity contribution in [3.8, 4) is 0 Å². The van der Waals surface area contributed by atoms with Gasteiger partial charge in [-0.25, -0.2) is 0 Å². The maximum atomic E-state index is 12.8. The van der Waals surface area contributed by atoms with E-state index in [0.29, 0.717) is 18.0 Å². The van der Waals surface area contributed by atoms with Crippen LogP contribution in [-0.4, -0.2) is 41.1 Å². The van der Waals surface area contributed by atoms with E-state index in [1.807, 2.05) is 18.7 Å². The van der Waals surface area contributed by atoms with Crippen LogP contribution < -0.4 is 5.32 Å². The number of hydrogen-bond donors (Lipinski definition) is 1. The molecule has 0 spiro atoms. The van der Waals surface area contributed by atoms with E-state index in [2.05, 4.69) is 10.3 Å². The number of amides is 2. The number of hydrogen-bond acceptors (Lipinski definition) is 3. The molecule has 1 fully saturated rings. The molecule has 2 rings (SSSR count). The highest BCUT2D eigenvalue weighted by Gasteiger charge is 2.37. The van der Waals surface area contributed by atoms with Crippen molar-refractivity contribution in [3.05, 3.63) is 11.2 Å². The number of nitrogens with zero attached hydrogens (tertiary/aromatic N) is 2. The summed E-state index contributed by atoms with van der Waals surface area (Å²) in [7, 11) is 0. The summed E-state index contributed by atoms with van der Waals surface area (Å²) in [6, 6.07) is -0.464. The van der Waals surface area contributed by atoms with Crippen LogP contribution in [0.1, 0.15) is 40.0 Å². The summed E-state index contributed by atoms with van der Waals surface area (Å²) in [5, 5.41) is 3.48. The Balaban J connectivity index is 2.11. The Hall–Kier alpha value is -1.36. The Labute approximate surface area is 130 Å². The Kier molecular flexibility index (Phi) is 5.04. The lowest BCUT2D eigenvalue weighted by atomic mass is 10.0. The molecule has 1 saturated heterocycles. The number of carbonyl (C=O) groups is 2. The third kappa shape index (κ3) is 3.64. The van der Waals surface area contributed by atoms with Crippen LogP contribution in [0.3, 0.4) is 0 Å². The Morgan fingerprint density at radius 1 is 1.48 bits per heavy atom. The fraction of sp³-hybridized carbons (Fsp3) is 0.667. The predicted molar refractivity (Wildman–Crippen MR) is 83.2 cm³/mol. The highest BCUT2D eigenvalue weighted by Crippen LogP contribution is 2.27. The smallest absolute Gasteiger partial charge is 0.245 e. The summed E-state index contributed by atoms with van der Waals surface area (Å²) in [5.74, 6) is -0.149. The average molecular weight is 312 g/mol. The summed E-state index contributed by atoms with van der Waals surface area (Å²) < 4.78 is 0. The molecule has 0 aromatic carbocycles. The molecule has 5 nitrogen and oxygen atoms in total. The largest absolute Gasteiger partial charge is 0.344 e. The zero-order chi connectivity index (χ0) is 15.6. The number of nitrogens with one attached hydrogen (secondary N) is 1. The van der Waals surface area contributed by atoms with Gasteiger partial charge in [0.05, 0.1) is 6.04 Å². The first-order chi connectivity index (χ1) is 9.90. The van der Waals surface area contributed by atoms with Gasteiger partial charge in [-0.1, -0.05) is 25.4 Å². The van der Waals surface area contributed by atoms with Crippen molar-refractivity contribution in [1.29, 1.82) is 0 Å². The van der Waals surface area contributed by atoms with Crippen molar-refractivity contribution in [3.63, 3.8) is 0 Å². The van der Waals surface area contributed by atoms with E-state index in [0.717, 1.165) is 18.6 Å². The molecule has 0 aliphatic carbocycles. The van der Waals surface area contributed by atoms with Crippen LogP contribution in [0.4, 0.5) is 0 Å². The monoisotopic (exact) mass is 311 g/mol. The Morgan fingerprint density at radius 2 is 2.19 bits per heavy atom. The van der Waals surface area contributed by atoms with Gasteiger partial charge in [0.1, 0.15) is 6.04 Å². The van der Waals surface area contributed by atoms with Crippen molar-refractivity contribution in [2.45, 2.75) is 52.1 Å². The molecular weight excluding hydrogens is 290 g/mol. The number of allylic oxidation sites excluding steroid dienone is 1. The fourth-order valence-electron chi connectivity index (χ4n) is 2.91. The minimum atomic E-state index is -0.478. The molecule has 0 aromatic rings. The normalized spacial score (nSPS) is 23.1. The molecule has 21 heavy (non-hydrogen) atoms. The molecule has 0 unspecified atom stereocenters. The van der Waals surface area contributed by atoms with Crippen molar-refractivity contribution in [1.82, 2.24) is 10.2 Å². The van der Waals surface area contributed by atoms with Crippen LogP contribution in [-0.2, 0) is 9.59 Å². The van der Waals surface area contributed by atoms with Crippen LogP contribution in [0, 0.1) is 5.92 Å². The van der Waals surface area contributed by atoms with Gasteiger partial charge in [-0.3, -0.25) is 14.6 Å². The van der Waals surface area contributed by atoms with Gasteiger partial charge in [-0.15, -0.1) is 0 Å². The first-order valence-electron chi connectivity index (χ1n) is 7.39. The maximum Gasteiger partial charge on any atom is 0.245 e. The molecule has 0 radical (unpaired) electrons. The summed E-state index contributed by atoms with van der Waals surface area (Å²) in [4.78, 5) is 30.3. The topological polar surface area (TPSA) is 61.8 Å². The average Bonchev–Trinajstić information content (AvgIpc) is 3.02. The highest BCUT2D eigenvalue weighted by atomic mass is 35.5. The summed E-state index contributed by atoms with van der Waals surface area (Å²) in [5.41, 5.74) is 0.955. The van der Waals surface area contributed by atoms with Gasteiger partial charge in [0, 0.05) is 36.8 Å². The minimum Gasteiger partial charge on any atom is -0.344 e. The van der Waals surface area contributed by atoms with Crippen molar-refractivity contribution >= 4 is 29.1 Å². The van der Waals surface area contributed by atoms with E-state index in [9.17, 15) is 9.59 Å². The minimum absolute atomic E-state index is 0.0139. The summed E-state index contributed by atoms with van der Waals surface area (Å²) >= 11 is 5.98. The zero-order valence-corrected chi connectivity index (χ0v) is 13.5. The molecule has 2 aliphatic rings. The second-order valence-electron chi connectivity index (χ2n) is 5.99. The Bertz CT molecular complexity index is 499. The lowest BCUT2D eigenvalue weighted by Crippen LogP contribution is -2.53. The van der Waals surface area contributed by atoms with Gasteiger partial charge >= 0.3 is 0 Å². The van der Waals surface area contributed by atoms with E-state index in [4.69, 9.17) is 11.6 Å². The second kappa shape index (κ2) is 6.60. The van der Waals surface area contributed by atoms with E-state index in [-0.39, 0.29) is 23.8 Å². The molecule has 2 aliphatic heterocycles. The molecule has 0 saturated carbocycles. The molecule has 2 amide bonds. The molecule has 1 N–H and O–H groups in total. The molecule has 116 valence electrons. The van der Waals surface area contributed by atoms with Crippen LogP contribution in [0.15, 0.2) is 16.2 Å². The van der Waals surface area contributed by atoms with Gasteiger partial charge in [0.25, 0.3) is 0 Å². The van der Waals surface area contributed by atoms with E-state index >= 15 is 0 Å². The molecular formula is C15H22ClN3O2. The second-order valence-corrected chi connectivity index (χ2v) is 6.47. The molecule has 2 heterocycles. The van der Waals surface area contributed by atoms with Crippen molar-refractivity contribution < 1.29 is 9.59 Å². The quantitative estimate of drug-likeness (QED) is 0.864. The number of rotatable bonds is 4. The first-order valence-corrected chi connectivity index (χ1v) is 7.76. The zero-order valence-electron chi connectivity index (χ0n) is 12.7. The predicted octanol–water partition coefficient (Wildman–Crippen LogP) is 2.06. The highest BCUT2D eigenvalue weighted by molar-refractivity contribution is 6.32. The number of carbonyl (C=O) groups excluding carboxylic acids is 2. The van der Waals surface area contributed by atoms with Crippen LogP contribution in [0.5, 0.6) is 0 Å². The van der Waals surface area contributed by atoms with E-state index in [1.54, 1.807) is 6.20 Å². The van der Waals surface area contributed by atoms with Crippen molar-refractivity contribution in [2.75, 3.05) is 6.54 Å². The number of aliphatic imine (C=N–C) groups is 1. The summed E-state index contributed by atoms with van der Waals surface area (Å²) in [6.07, 6.45) is 4.15. The summed E-state index contributed by atoms with van der Waals surface area (Å²) in [6.45, 7) is 6.03. The van der Waals surface area contributed by atoms with Crippen LogP contribution in [0.2, 0.25) is 0 Å². The molecule has 2 atom stereocenters. The maximum absolute atomic E-state index is 12.8. The number of halogens is 1. The standard InChI is InChI=1S/C15H22ClN3O2/c1-9(2)14(18-10(3)20)15(21)19-6-4-5-13(19)12-7-11(16)8-17-12/h8-9,13-14H,4-7H2,1-3H3,(H,18,20)/t13-,14-/m0/s1. The van der Waals surface area contributed by atoms with Gasteiger partial charge < -0.3 is 10.2 Å². The SMILES string of the molecule is CC(=O)N[C@H](C(=O)N1CCC[C@H]1C1=NC=C(Cl)C1)C(C)C. The lowest BCUT2D eigenvalue weighted by molar-refractivity contribution is -0.137. The molecule has 0 aromatic heterocycles. The van der Waals surface area contributed by atoms with Crippen molar-refractivity contribution in [2.24, 2.45) is 10.9 Å². The Morgan fingerprint density at radius 3 is 2.71 bits per heavy atom. The third-order valence-corrected chi connectivity index (χ3v) is 4.16. The van der Waals surface area contributed by atoms with Gasteiger partial charge in [-0.05, 0) is 18.8 Å².